The molecular formula is C15H21N3O3. The molecule has 6 heteroatoms. The number of hydrogen-bond acceptors (Lipinski definition) is 4. The van der Waals surface area contributed by atoms with E-state index in [4.69, 9.17) is 5.11 Å². The Bertz CT molecular complexity index is 479. The van der Waals surface area contributed by atoms with Crippen LogP contribution in [0.25, 0.3) is 0 Å². The van der Waals surface area contributed by atoms with Crippen LogP contribution in [0.15, 0.2) is 18.3 Å². The van der Waals surface area contributed by atoms with Gasteiger partial charge >= 0.3 is 5.97 Å². The van der Waals surface area contributed by atoms with Gasteiger partial charge in [0, 0.05) is 19.5 Å². The van der Waals surface area contributed by atoms with Gasteiger partial charge in [0.15, 0.2) is 0 Å². The molecule has 6 nitrogen and oxygen atoms in total. The summed E-state index contributed by atoms with van der Waals surface area (Å²) in [5.74, 6) is -0.842. The van der Waals surface area contributed by atoms with E-state index in [1.165, 1.54) is 25.7 Å². The van der Waals surface area contributed by atoms with Crippen LogP contribution >= 0.6 is 0 Å². The van der Waals surface area contributed by atoms with Crippen LogP contribution in [0.2, 0.25) is 0 Å². The summed E-state index contributed by atoms with van der Waals surface area (Å²) in [5, 5.41) is 11.1. The van der Waals surface area contributed by atoms with Crippen LogP contribution in [0.3, 0.4) is 0 Å². The van der Waals surface area contributed by atoms with Crippen LogP contribution < -0.4 is 10.2 Å². The Hall–Kier alpha value is -2.11. The monoisotopic (exact) mass is 291 g/mol. The van der Waals surface area contributed by atoms with Crippen molar-refractivity contribution >= 4 is 23.4 Å². The maximum Gasteiger partial charge on any atom is 0.303 e. The maximum absolute atomic E-state index is 11.5. The number of amides is 1. The van der Waals surface area contributed by atoms with Gasteiger partial charge in [-0.15, -0.1) is 0 Å². The van der Waals surface area contributed by atoms with Crippen molar-refractivity contribution in [3.63, 3.8) is 0 Å². The van der Waals surface area contributed by atoms with E-state index < -0.39 is 5.97 Å². The first kappa shape index (κ1) is 15.3. The molecule has 0 saturated carbocycles. The van der Waals surface area contributed by atoms with Crippen molar-refractivity contribution in [2.45, 2.75) is 38.5 Å². The molecule has 1 aliphatic heterocycles. The molecule has 0 unspecified atom stereocenters. The number of aliphatic carboxylic acids is 1. The van der Waals surface area contributed by atoms with Crippen molar-refractivity contribution < 1.29 is 14.7 Å². The number of carbonyl (C=O) groups excluding carboxylic acids is 1. The number of carboxylic acids is 1. The number of nitrogens with one attached hydrogen (secondary N) is 1. The Kier molecular flexibility index (Phi) is 5.54. The van der Waals surface area contributed by atoms with Gasteiger partial charge in [-0.25, -0.2) is 4.98 Å². The zero-order valence-electron chi connectivity index (χ0n) is 12.0. The standard InChI is InChI=1S/C15H21N3O3/c19-14(7-8-15(20)21)17-13-6-5-12(11-16-13)18-9-3-1-2-4-10-18/h5-6,11H,1-4,7-10H2,(H,20,21)(H,16,17,19). The number of carbonyl (C=O) groups is 2. The Morgan fingerprint density at radius 3 is 2.43 bits per heavy atom. The molecule has 1 aromatic rings. The van der Waals surface area contributed by atoms with E-state index in [0.29, 0.717) is 5.82 Å². The number of pyridine rings is 1. The molecule has 0 bridgehead atoms. The minimum absolute atomic E-state index is 0.0368. The Labute approximate surface area is 124 Å². The van der Waals surface area contributed by atoms with Crippen molar-refractivity contribution in [3.8, 4) is 0 Å². The summed E-state index contributed by atoms with van der Waals surface area (Å²) in [6.07, 6.45) is 6.52. The molecule has 2 rings (SSSR count). The molecule has 0 aromatic carbocycles. The highest BCUT2D eigenvalue weighted by Gasteiger charge is 2.11. The predicted molar refractivity (Wildman–Crippen MR) is 80.4 cm³/mol. The number of anilines is 2. The van der Waals surface area contributed by atoms with Gasteiger partial charge in [0.05, 0.1) is 18.3 Å². The van der Waals surface area contributed by atoms with Crippen molar-refractivity contribution in [2.24, 2.45) is 0 Å². The highest BCUT2D eigenvalue weighted by Crippen LogP contribution is 2.19. The van der Waals surface area contributed by atoms with Gasteiger partial charge < -0.3 is 15.3 Å². The number of rotatable bonds is 5. The van der Waals surface area contributed by atoms with Gasteiger partial charge in [-0.3, -0.25) is 9.59 Å². The van der Waals surface area contributed by atoms with Crippen LogP contribution in [0.4, 0.5) is 11.5 Å². The van der Waals surface area contributed by atoms with E-state index in [1.807, 2.05) is 6.07 Å². The molecule has 1 fully saturated rings. The quantitative estimate of drug-likeness (QED) is 0.869. The third-order valence-electron chi connectivity index (χ3n) is 3.55. The number of aromatic nitrogens is 1. The maximum atomic E-state index is 11.5. The van der Waals surface area contributed by atoms with E-state index in [1.54, 1.807) is 12.3 Å². The molecule has 0 atom stereocenters. The summed E-state index contributed by atoms with van der Waals surface area (Å²) in [4.78, 5) is 28.5. The Morgan fingerprint density at radius 2 is 1.86 bits per heavy atom. The van der Waals surface area contributed by atoms with E-state index in [2.05, 4.69) is 15.2 Å². The third kappa shape index (κ3) is 5.06. The molecule has 1 saturated heterocycles. The average Bonchev–Trinajstić information content (AvgIpc) is 2.75. The van der Waals surface area contributed by atoms with E-state index in [9.17, 15) is 9.59 Å². The first-order valence-electron chi connectivity index (χ1n) is 7.38. The molecule has 2 N–H and O–H groups in total. The first-order chi connectivity index (χ1) is 10.1. The Balaban J connectivity index is 1.89. The molecule has 114 valence electrons. The van der Waals surface area contributed by atoms with Gasteiger partial charge in [-0.2, -0.15) is 0 Å². The minimum atomic E-state index is -0.977. The molecule has 0 radical (unpaired) electrons. The average molecular weight is 291 g/mol. The van der Waals surface area contributed by atoms with Crippen molar-refractivity contribution in [1.29, 1.82) is 0 Å². The number of carboxylic acid groups (broad SMARTS) is 1. The smallest absolute Gasteiger partial charge is 0.303 e. The fourth-order valence-electron chi connectivity index (χ4n) is 2.40. The molecule has 1 aliphatic rings. The second kappa shape index (κ2) is 7.61. The second-order valence-electron chi connectivity index (χ2n) is 5.24. The normalized spacial score (nSPS) is 15.3. The summed E-state index contributed by atoms with van der Waals surface area (Å²) < 4.78 is 0. The number of hydrogen-bond donors (Lipinski definition) is 2. The third-order valence-corrected chi connectivity index (χ3v) is 3.55. The lowest BCUT2D eigenvalue weighted by atomic mass is 10.2. The Morgan fingerprint density at radius 1 is 1.14 bits per heavy atom. The lowest BCUT2D eigenvalue weighted by Crippen LogP contribution is -2.24. The number of nitrogens with zero attached hydrogens (tertiary/aromatic N) is 2. The predicted octanol–water partition coefficient (Wildman–Crippen LogP) is 2.27. The van der Waals surface area contributed by atoms with Crippen molar-refractivity contribution in [2.75, 3.05) is 23.3 Å². The van der Waals surface area contributed by atoms with Crippen LogP contribution in [-0.4, -0.2) is 35.1 Å². The molecule has 1 aromatic heterocycles. The van der Waals surface area contributed by atoms with Crippen molar-refractivity contribution in [1.82, 2.24) is 4.98 Å². The molecule has 0 spiro atoms. The van der Waals surface area contributed by atoms with E-state index >= 15 is 0 Å². The zero-order valence-corrected chi connectivity index (χ0v) is 12.0. The van der Waals surface area contributed by atoms with Gasteiger partial charge in [0.25, 0.3) is 0 Å². The van der Waals surface area contributed by atoms with Crippen LogP contribution in [-0.2, 0) is 9.59 Å². The lowest BCUT2D eigenvalue weighted by Gasteiger charge is -2.22. The molecule has 0 aliphatic carbocycles. The summed E-state index contributed by atoms with van der Waals surface area (Å²) >= 11 is 0. The molecular weight excluding hydrogens is 270 g/mol. The first-order valence-corrected chi connectivity index (χ1v) is 7.38. The molecule has 2 heterocycles. The topological polar surface area (TPSA) is 82.5 Å². The zero-order chi connectivity index (χ0) is 15.1. The van der Waals surface area contributed by atoms with Crippen LogP contribution in [0.1, 0.15) is 38.5 Å². The van der Waals surface area contributed by atoms with Gasteiger partial charge in [0.2, 0.25) is 5.91 Å². The molecule has 1 amide bonds. The SMILES string of the molecule is O=C(O)CCC(=O)Nc1ccc(N2CCCCCC2)cn1. The molecule has 21 heavy (non-hydrogen) atoms. The van der Waals surface area contributed by atoms with Gasteiger partial charge in [-0.1, -0.05) is 12.8 Å². The summed E-state index contributed by atoms with van der Waals surface area (Å²) in [5.41, 5.74) is 1.07. The van der Waals surface area contributed by atoms with Crippen molar-refractivity contribution in [3.05, 3.63) is 18.3 Å². The van der Waals surface area contributed by atoms with Gasteiger partial charge in [-0.05, 0) is 25.0 Å². The largest absolute Gasteiger partial charge is 0.481 e. The van der Waals surface area contributed by atoms with Crippen LogP contribution in [0, 0.1) is 0 Å². The van der Waals surface area contributed by atoms with Crippen LogP contribution in [0.5, 0.6) is 0 Å². The fourth-order valence-corrected chi connectivity index (χ4v) is 2.40. The summed E-state index contributed by atoms with van der Waals surface area (Å²) in [7, 11) is 0. The summed E-state index contributed by atoms with van der Waals surface area (Å²) in [6.45, 7) is 2.10. The summed E-state index contributed by atoms with van der Waals surface area (Å²) in [6, 6.07) is 3.71. The lowest BCUT2D eigenvalue weighted by molar-refractivity contribution is -0.138. The highest BCUT2D eigenvalue weighted by molar-refractivity contribution is 5.91. The van der Waals surface area contributed by atoms with E-state index in [-0.39, 0.29) is 18.7 Å². The highest BCUT2D eigenvalue weighted by atomic mass is 16.4. The minimum Gasteiger partial charge on any atom is -0.481 e. The van der Waals surface area contributed by atoms with E-state index in [0.717, 1.165) is 18.8 Å². The fraction of sp³-hybridized carbons (Fsp3) is 0.533. The van der Waals surface area contributed by atoms with Gasteiger partial charge in [0.1, 0.15) is 5.82 Å². The second-order valence-corrected chi connectivity index (χ2v) is 5.24.